The zero-order chi connectivity index (χ0) is 15.8. The number of amides is 1. The molecule has 1 saturated heterocycles. The minimum absolute atomic E-state index is 0.0397. The number of quaternary nitrogens is 1. The molecule has 1 heterocycles. The Kier molecular flexibility index (Phi) is 6.68. The lowest BCUT2D eigenvalue weighted by Gasteiger charge is -2.26. The van der Waals surface area contributed by atoms with Crippen molar-refractivity contribution in [2.75, 3.05) is 38.7 Å². The number of benzene rings is 1. The van der Waals surface area contributed by atoms with E-state index in [0.717, 1.165) is 44.0 Å². The average molecular weight is 307 g/mol. The average Bonchev–Trinajstić information content (AvgIpc) is 2.56. The smallest absolute Gasteiger partial charge is 0.279 e. The highest BCUT2D eigenvalue weighted by atomic mass is 16.5. The SMILES string of the molecule is CC[NH+](CC(=O)Nc1ccc(OC)cc1)C[C@H]1CCCCO1. The third-order valence-electron chi connectivity index (χ3n) is 4.07. The molecule has 0 aliphatic carbocycles. The lowest BCUT2D eigenvalue weighted by molar-refractivity contribution is -0.893. The summed E-state index contributed by atoms with van der Waals surface area (Å²) in [6, 6.07) is 7.39. The Bertz CT molecular complexity index is 455. The summed E-state index contributed by atoms with van der Waals surface area (Å²) in [5.74, 6) is 0.825. The van der Waals surface area contributed by atoms with E-state index in [-0.39, 0.29) is 5.91 Å². The summed E-state index contributed by atoms with van der Waals surface area (Å²) in [4.78, 5) is 13.4. The number of hydrogen-bond donors (Lipinski definition) is 2. The van der Waals surface area contributed by atoms with Crippen LogP contribution in [0.25, 0.3) is 0 Å². The van der Waals surface area contributed by atoms with Crippen molar-refractivity contribution in [2.24, 2.45) is 0 Å². The normalized spacial score (nSPS) is 19.5. The maximum absolute atomic E-state index is 12.2. The Hall–Kier alpha value is -1.59. The Morgan fingerprint density at radius 2 is 2.14 bits per heavy atom. The monoisotopic (exact) mass is 307 g/mol. The van der Waals surface area contributed by atoms with Gasteiger partial charge in [-0.1, -0.05) is 0 Å². The Labute approximate surface area is 132 Å². The molecule has 1 aromatic carbocycles. The van der Waals surface area contributed by atoms with Gasteiger partial charge in [0.15, 0.2) is 6.54 Å². The van der Waals surface area contributed by atoms with Crippen molar-refractivity contribution in [2.45, 2.75) is 32.3 Å². The first kappa shape index (κ1) is 16.8. The van der Waals surface area contributed by atoms with Gasteiger partial charge in [-0.15, -0.1) is 0 Å². The maximum atomic E-state index is 12.2. The second-order valence-corrected chi connectivity index (χ2v) is 5.75. The molecular weight excluding hydrogens is 280 g/mol. The van der Waals surface area contributed by atoms with Gasteiger partial charge in [0.25, 0.3) is 5.91 Å². The summed E-state index contributed by atoms with van der Waals surface area (Å²) in [5.41, 5.74) is 0.801. The van der Waals surface area contributed by atoms with Gasteiger partial charge in [0.05, 0.1) is 13.7 Å². The predicted molar refractivity (Wildman–Crippen MR) is 86.5 cm³/mol. The molecule has 0 saturated carbocycles. The van der Waals surface area contributed by atoms with Crippen LogP contribution in [0.1, 0.15) is 26.2 Å². The standard InChI is InChI=1S/C17H26N2O3/c1-3-19(12-16-6-4-5-11-22-16)13-17(20)18-14-7-9-15(21-2)10-8-14/h7-10,16H,3-6,11-13H2,1-2H3,(H,18,20)/p+1/t16-/m1/s1. The van der Waals surface area contributed by atoms with Gasteiger partial charge in [-0.25, -0.2) is 0 Å². The van der Waals surface area contributed by atoms with Crippen LogP contribution in [-0.4, -0.2) is 45.4 Å². The number of rotatable bonds is 7. The number of likely N-dealkylation sites (N-methyl/N-ethyl adjacent to an activating group) is 1. The lowest BCUT2D eigenvalue weighted by Crippen LogP contribution is -3.13. The molecule has 2 atom stereocenters. The van der Waals surface area contributed by atoms with Gasteiger partial charge in [-0.3, -0.25) is 4.79 Å². The molecule has 22 heavy (non-hydrogen) atoms. The number of anilines is 1. The van der Waals surface area contributed by atoms with Crippen molar-refractivity contribution >= 4 is 11.6 Å². The van der Waals surface area contributed by atoms with Crippen molar-refractivity contribution < 1.29 is 19.2 Å². The fourth-order valence-corrected chi connectivity index (χ4v) is 2.74. The molecule has 1 amide bonds. The zero-order valence-corrected chi connectivity index (χ0v) is 13.6. The third-order valence-corrected chi connectivity index (χ3v) is 4.07. The molecule has 1 fully saturated rings. The van der Waals surface area contributed by atoms with Gasteiger partial charge >= 0.3 is 0 Å². The van der Waals surface area contributed by atoms with E-state index in [4.69, 9.17) is 9.47 Å². The molecule has 2 N–H and O–H groups in total. The van der Waals surface area contributed by atoms with E-state index in [1.54, 1.807) is 7.11 Å². The fraction of sp³-hybridized carbons (Fsp3) is 0.588. The number of nitrogens with one attached hydrogen (secondary N) is 2. The molecule has 5 heteroatoms. The van der Waals surface area contributed by atoms with Crippen LogP contribution < -0.4 is 15.0 Å². The van der Waals surface area contributed by atoms with E-state index in [1.165, 1.54) is 11.3 Å². The van der Waals surface area contributed by atoms with Crippen molar-refractivity contribution in [3.8, 4) is 5.75 Å². The van der Waals surface area contributed by atoms with Gasteiger partial charge in [0, 0.05) is 12.3 Å². The fourth-order valence-electron chi connectivity index (χ4n) is 2.74. The van der Waals surface area contributed by atoms with Crippen LogP contribution >= 0.6 is 0 Å². The van der Waals surface area contributed by atoms with Crippen LogP contribution in [-0.2, 0) is 9.53 Å². The highest BCUT2D eigenvalue weighted by molar-refractivity contribution is 5.91. The molecule has 5 nitrogen and oxygen atoms in total. The molecule has 0 radical (unpaired) electrons. The molecule has 1 aliphatic heterocycles. The molecular formula is C17H27N2O3+. The van der Waals surface area contributed by atoms with Gasteiger partial charge < -0.3 is 19.7 Å². The van der Waals surface area contributed by atoms with E-state index in [0.29, 0.717) is 12.6 Å². The van der Waals surface area contributed by atoms with Crippen molar-refractivity contribution in [1.82, 2.24) is 0 Å². The first-order valence-corrected chi connectivity index (χ1v) is 8.10. The van der Waals surface area contributed by atoms with Crippen molar-refractivity contribution in [1.29, 1.82) is 0 Å². The minimum atomic E-state index is 0.0397. The second kappa shape index (κ2) is 8.76. The Balaban J connectivity index is 1.80. The molecule has 1 unspecified atom stereocenters. The highest BCUT2D eigenvalue weighted by Gasteiger charge is 2.21. The summed E-state index contributed by atoms with van der Waals surface area (Å²) in [6.45, 7) is 5.28. The van der Waals surface area contributed by atoms with Crippen molar-refractivity contribution in [3.05, 3.63) is 24.3 Å². The van der Waals surface area contributed by atoms with E-state index >= 15 is 0 Å². The topological polar surface area (TPSA) is 52.0 Å². The lowest BCUT2D eigenvalue weighted by atomic mass is 10.1. The maximum Gasteiger partial charge on any atom is 0.279 e. The van der Waals surface area contributed by atoms with Crippen LogP contribution in [0.15, 0.2) is 24.3 Å². The molecule has 2 rings (SSSR count). The van der Waals surface area contributed by atoms with Crippen LogP contribution in [0.2, 0.25) is 0 Å². The Morgan fingerprint density at radius 1 is 1.36 bits per heavy atom. The van der Waals surface area contributed by atoms with E-state index < -0.39 is 0 Å². The quantitative estimate of drug-likeness (QED) is 0.793. The summed E-state index contributed by atoms with van der Waals surface area (Å²) < 4.78 is 10.9. The van der Waals surface area contributed by atoms with Crippen LogP contribution in [0.3, 0.4) is 0 Å². The Morgan fingerprint density at radius 3 is 2.73 bits per heavy atom. The molecule has 0 bridgehead atoms. The molecule has 1 aromatic rings. The van der Waals surface area contributed by atoms with E-state index in [1.807, 2.05) is 24.3 Å². The summed E-state index contributed by atoms with van der Waals surface area (Å²) >= 11 is 0. The number of ether oxygens (including phenoxy) is 2. The largest absolute Gasteiger partial charge is 0.497 e. The highest BCUT2D eigenvalue weighted by Crippen LogP contribution is 2.14. The van der Waals surface area contributed by atoms with Crippen LogP contribution in [0.5, 0.6) is 5.75 Å². The third kappa shape index (κ3) is 5.31. The number of methoxy groups -OCH3 is 1. The second-order valence-electron chi connectivity index (χ2n) is 5.75. The molecule has 0 aromatic heterocycles. The van der Waals surface area contributed by atoms with Crippen molar-refractivity contribution in [3.63, 3.8) is 0 Å². The summed E-state index contributed by atoms with van der Waals surface area (Å²) in [6.07, 6.45) is 3.82. The molecule has 0 spiro atoms. The molecule has 122 valence electrons. The predicted octanol–water partition coefficient (Wildman–Crippen LogP) is 1.11. The van der Waals surface area contributed by atoms with E-state index in [9.17, 15) is 4.79 Å². The number of carbonyl (C=O) groups excluding carboxylic acids is 1. The van der Waals surface area contributed by atoms with Crippen LogP contribution in [0.4, 0.5) is 5.69 Å². The molecule has 1 aliphatic rings. The van der Waals surface area contributed by atoms with Gasteiger partial charge in [0.2, 0.25) is 0 Å². The van der Waals surface area contributed by atoms with E-state index in [2.05, 4.69) is 12.2 Å². The summed E-state index contributed by atoms with van der Waals surface area (Å²) in [5, 5.41) is 2.94. The first-order valence-electron chi connectivity index (χ1n) is 8.10. The van der Waals surface area contributed by atoms with Crippen LogP contribution in [0, 0.1) is 0 Å². The number of hydrogen-bond acceptors (Lipinski definition) is 3. The summed E-state index contributed by atoms with van der Waals surface area (Å²) in [7, 11) is 1.63. The minimum Gasteiger partial charge on any atom is -0.497 e. The van der Waals surface area contributed by atoms with Gasteiger partial charge in [-0.2, -0.15) is 0 Å². The van der Waals surface area contributed by atoms with Gasteiger partial charge in [-0.05, 0) is 50.5 Å². The zero-order valence-electron chi connectivity index (χ0n) is 13.6. The first-order chi connectivity index (χ1) is 10.7. The van der Waals surface area contributed by atoms with Gasteiger partial charge in [0.1, 0.15) is 18.4 Å². The number of carbonyl (C=O) groups is 1.